The number of nitrogens with zero attached hydrogens (tertiary/aromatic N) is 1. The first-order valence-electron chi connectivity index (χ1n) is 5.17. The van der Waals surface area contributed by atoms with Gasteiger partial charge in [-0.25, -0.2) is 9.37 Å². The van der Waals surface area contributed by atoms with E-state index in [1.807, 2.05) is 0 Å². The maximum absolute atomic E-state index is 13.1. The van der Waals surface area contributed by atoms with Crippen LogP contribution in [0.1, 0.15) is 15.2 Å². The minimum Gasteiger partial charge on any atom is -0.375 e. The lowest BCUT2D eigenvalue weighted by atomic mass is 10.2. The van der Waals surface area contributed by atoms with Gasteiger partial charge in [-0.15, -0.1) is 0 Å². The van der Waals surface area contributed by atoms with Gasteiger partial charge in [-0.05, 0) is 18.2 Å². The number of rotatable bonds is 2. The van der Waals surface area contributed by atoms with Gasteiger partial charge in [-0.2, -0.15) is 13.2 Å². The van der Waals surface area contributed by atoms with Gasteiger partial charge in [0.25, 0.3) is 5.91 Å². The molecule has 2 aromatic rings. The predicted octanol–water partition coefficient (Wildman–Crippen LogP) is 3.14. The minimum absolute atomic E-state index is 0.139. The van der Waals surface area contributed by atoms with Crippen LogP contribution < -0.4 is 11.1 Å². The Bertz CT molecular complexity index is 653. The molecule has 20 heavy (non-hydrogen) atoms. The molecule has 3 N–H and O–H groups in total. The lowest BCUT2D eigenvalue weighted by molar-refractivity contribution is -0.139. The Morgan fingerprint density at radius 3 is 2.60 bits per heavy atom. The first-order valence-corrected chi connectivity index (χ1v) is 5.98. The number of carbonyl (C=O) groups excluding carboxylic acids is 1. The summed E-state index contributed by atoms with van der Waals surface area (Å²) in [5.41, 5.74) is 3.72. The molecular weight excluding hydrogens is 298 g/mol. The van der Waals surface area contributed by atoms with Crippen LogP contribution in [-0.4, -0.2) is 10.9 Å². The summed E-state index contributed by atoms with van der Waals surface area (Å²) in [6, 6.07) is 2.20. The van der Waals surface area contributed by atoms with Crippen LogP contribution in [0, 0.1) is 5.82 Å². The lowest BCUT2D eigenvalue weighted by Crippen LogP contribution is -2.13. The van der Waals surface area contributed by atoms with Crippen molar-refractivity contribution < 1.29 is 22.4 Å². The molecule has 9 heteroatoms. The summed E-state index contributed by atoms with van der Waals surface area (Å²) in [4.78, 5) is 15.5. The quantitative estimate of drug-likeness (QED) is 0.838. The van der Waals surface area contributed by atoms with E-state index in [0.29, 0.717) is 12.1 Å². The highest BCUT2D eigenvalue weighted by molar-refractivity contribution is 7.17. The number of alkyl halides is 3. The number of nitrogen functional groups attached to an aromatic ring is 1. The van der Waals surface area contributed by atoms with Crippen molar-refractivity contribution in [3.63, 3.8) is 0 Å². The van der Waals surface area contributed by atoms with Crippen molar-refractivity contribution in [1.29, 1.82) is 0 Å². The molecule has 0 fully saturated rings. The van der Waals surface area contributed by atoms with Crippen molar-refractivity contribution in [2.24, 2.45) is 0 Å². The number of hydrogen-bond donors (Lipinski definition) is 2. The number of hydrogen-bond acceptors (Lipinski definition) is 4. The van der Waals surface area contributed by atoms with Gasteiger partial charge in [-0.1, -0.05) is 11.3 Å². The molecule has 0 aliphatic rings. The molecule has 0 unspecified atom stereocenters. The number of nitrogens with two attached hydrogens (primary N) is 1. The number of carbonyl (C=O) groups is 1. The number of amides is 1. The van der Waals surface area contributed by atoms with Gasteiger partial charge in [0.2, 0.25) is 0 Å². The maximum Gasteiger partial charge on any atom is 0.419 e. The Balaban J connectivity index is 2.24. The molecule has 1 aromatic heterocycles. The molecule has 0 radical (unpaired) electrons. The van der Waals surface area contributed by atoms with Crippen molar-refractivity contribution >= 4 is 28.1 Å². The van der Waals surface area contributed by atoms with Crippen LogP contribution in [0.25, 0.3) is 0 Å². The number of anilines is 2. The molecule has 0 aliphatic carbocycles. The Hall–Kier alpha value is -2.16. The van der Waals surface area contributed by atoms with Gasteiger partial charge in [0.15, 0.2) is 5.13 Å². The summed E-state index contributed by atoms with van der Waals surface area (Å²) < 4.78 is 50.6. The Morgan fingerprint density at radius 1 is 1.35 bits per heavy atom. The largest absolute Gasteiger partial charge is 0.419 e. The second-order valence-corrected chi connectivity index (χ2v) is 4.77. The van der Waals surface area contributed by atoms with Crippen LogP contribution in [0.2, 0.25) is 0 Å². The topological polar surface area (TPSA) is 68.0 Å². The fourth-order valence-electron chi connectivity index (χ4n) is 1.41. The third kappa shape index (κ3) is 3.05. The highest BCUT2D eigenvalue weighted by Crippen LogP contribution is 2.33. The monoisotopic (exact) mass is 305 g/mol. The number of aromatic nitrogens is 1. The van der Waals surface area contributed by atoms with Gasteiger partial charge >= 0.3 is 6.18 Å². The van der Waals surface area contributed by atoms with E-state index >= 15 is 0 Å². The third-order valence-corrected chi connectivity index (χ3v) is 3.10. The summed E-state index contributed by atoms with van der Waals surface area (Å²) in [7, 11) is 0. The number of nitrogens with one attached hydrogen (secondary N) is 1. The van der Waals surface area contributed by atoms with Gasteiger partial charge in [0, 0.05) is 5.69 Å². The van der Waals surface area contributed by atoms with Crippen LogP contribution in [0.5, 0.6) is 0 Å². The molecule has 0 bridgehead atoms. The molecule has 0 aliphatic heterocycles. The fraction of sp³-hybridized carbons (Fsp3) is 0.0909. The van der Waals surface area contributed by atoms with E-state index in [1.54, 1.807) is 0 Å². The molecule has 4 nitrogen and oxygen atoms in total. The van der Waals surface area contributed by atoms with Crippen molar-refractivity contribution in [2.45, 2.75) is 6.18 Å². The molecule has 0 spiro atoms. The Morgan fingerprint density at radius 2 is 2.05 bits per heavy atom. The molecule has 0 saturated heterocycles. The van der Waals surface area contributed by atoms with Gasteiger partial charge in [-0.3, -0.25) is 4.79 Å². The summed E-state index contributed by atoms with van der Waals surface area (Å²) in [5, 5.41) is 2.38. The number of benzene rings is 1. The first kappa shape index (κ1) is 14.3. The van der Waals surface area contributed by atoms with Crippen LogP contribution in [-0.2, 0) is 6.18 Å². The Kier molecular flexibility index (Phi) is 3.62. The molecule has 2 rings (SSSR count). The smallest absolute Gasteiger partial charge is 0.375 e. The SMILES string of the molecule is Nc1ncc(C(=O)Nc2ccc(F)c(C(F)(F)F)c2)s1. The van der Waals surface area contributed by atoms with E-state index in [1.165, 1.54) is 6.20 Å². The molecule has 0 saturated carbocycles. The van der Waals surface area contributed by atoms with E-state index in [4.69, 9.17) is 5.73 Å². The summed E-state index contributed by atoms with van der Waals surface area (Å²) in [5.74, 6) is -2.07. The number of halogens is 4. The zero-order valence-electron chi connectivity index (χ0n) is 9.66. The highest BCUT2D eigenvalue weighted by atomic mass is 32.1. The second-order valence-electron chi connectivity index (χ2n) is 3.71. The van der Waals surface area contributed by atoms with E-state index in [2.05, 4.69) is 10.3 Å². The first-order chi connectivity index (χ1) is 9.27. The van der Waals surface area contributed by atoms with E-state index in [0.717, 1.165) is 17.4 Å². The summed E-state index contributed by atoms with van der Waals surface area (Å²) in [6.45, 7) is 0. The predicted molar refractivity (Wildman–Crippen MR) is 65.9 cm³/mol. The second kappa shape index (κ2) is 5.08. The van der Waals surface area contributed by atoms with Crippen LogP contribution >= 0.6 is 11.3 Å². The van der Waals surface area contributed by atoms with Crippen molar-refractivity contribution in [3.05, 3.63) is 40.7 Å². The molecular formula is C11H7F4N3OS. The van der Waals surface area contributed by atoms with Gasteiger partial charge in [0.05, 0.1) is 11.8 Å². The van der Waals surface area contributed by atoms with Crippen LogP contribution in [0.15, 0.2) is 24.4 Å². The van der Waals surface area contributed by atoms with Gasteiger partial charge in [0.1, 0.15) is 10.7 Å². The molecule has 1 amide bonds. The van der Waals surface area contributed by atoms with E-state index in [9.17, 15) is 22.4 Å². The summed E-state index contributed by atoms with van der Waals surface area (Å²) in [6.07, 6.45) is -3.64. The normalized spacial score (nSPS) is 11.4. The van der Waals surface area contributed by atoms with Crippen LogP contribution in [0.3, 0.4) is 0 Å². The number of thiazole rings is 1. The average Bonchev–Trinajstić information content (AvgIpc) is 2.77. The summed E-state index contributed by atoms with van der Waals surface area (Å²) >= 11 is 0.886. The van der Waals surface area contributed by atoms with Crippen molar-refractivity contribution in [2.75, 3.05) is 11.1 Å². The molecule has 0 atom stereocenters. The Labute approximate surface area is 114 Å². The standard InChI is InChI=1S/C11H7F4N3OS/c12-7-2-1-5(3-6(7)11(13,14)15)18-9(19)8-4-17-10(16)20-8/h1-4H,(H2,16,17)(H,18,19). The van der Waals surface area contributed by atoms with E-state index < -0.39 is 23.5 Å². The molecule has 1 aromatic carbocycles. The van der Waals surface area contributed by atoms with Gasteiger partial charge < -0.3 is 11.1 Å². The average molecular weight is 305 g/mol. The molecule has 1 heterocycles. The maximum atomic E-state index is 13.1. The zero-order valence-corrected chi connectivity index (χ0v) is 10.5. The lowest BCUT2D eigenvalue weighted by Gasteiger charge is -2.10. The van der Waals surface area contributed by atoms with E-state index in [-0.39, 0.29) is 15.7 Å². The third-order valence-electron chi connectivity index (χ3n) is 2.28. The van der Waals surface area contributed by atoms with Crippen molar-refractivity contribution in [1.82, 2.24) is 4.98 Å². The fourth-order valence-corrected chi connectivity index (χ4v) is 1.99. The van der Waals surface area contributed by atoms with Crippen molar-refractivity contribution in [3.8, 4) is 0 Å². The minimum atomic E-state index is -4.83. The van der Waals surface area contributed by atoms with Crippen LogP contribution in [0.4, 0.5) is 28.4 Å². The zero-order chi connectivity index (χ0) is 14.9. The highest BCUT2D eigenvalue weighted by Gasteiger charge is 2.34. The molecule has 106 valence electrons.